The van der Waals surface area contributed by atoms with E-state index in [2.05, 4.69) is 10.3 Å². The van der Waals surface area contributed by atoms with Crippen LogP contribution in [0.3, 0.4) is 0 Å². The van der Waals surface area contributed by atoms with Crippen LogP contribution in [-0.4, -0.2) is 25.1 Å². The van der Waals surface area contributed by atoms with Crippen LogP contribution in [0, 0.1) is 6.92 Å². The Labute approximate surface area is 160 Å². The molecule has 26 heavy (non-hydrogen) atoms. The Hall–Kier alpha value is -2.57. The first kappa shape index (κ1) is 18.2. The molecule has 1 N–H and O–H groups in total. The Morgan fingerprint density at radius 2 is 2.00 bits per heavy atom. The summed E-state index contributed by atoms with van der Waals surface area (Å²) >= 11 is 7.32. The molecule has 2 aromatic carbocycles. The minimum Gasteiger partial charge on any atom is -0.493 e. The zero-order valence-corrected chi connectivity index (χ0v) is 16.1. The molecule has 1 amide bonds. The van der Waals surface area contributed by atoms with Crippen LogP contribution < -0.4 is 14.8 Å². The highest BCUT2D eigenvalue weighted by molar-refractivity contribution is 7.13. The Morgan fingerprint density at radius 1 is 1.19 bits per heavy atom. The van der Waals surface area contributed by atoms with E-state index in [-0.39, 0.29) is 5.91 Å². The van der Waals surface area contributed by atoms with Crippen molar-refractivity contribution in [3.63, 3.8) is 0 Å². The summed E-state index contributed by atoms with van der Waals surface area (Å²) in [6.07, 6.45) is 0. The van der Waals surface area contributed by atoms with E-state index in [0.29, 0.717) is 32.9 Å². The highest BCUT2D eigenvalue weighted by Crippen LogP contribution is 2.39. The Balaban J connectivity index is 1.87. The number of methoxy groups -OCH3 is 2. The van der Waals surface area contributed by atoms with E-state index >= 15 is 0 Å². The van der Waals surface area contributed by atoms with Crippen molar-refractivity contribution in [1.82, 2.24) is 4.98 Å². The number of halogens is 1. The fourth-order valence-electron chi connectivity index (χ4n) is 2.51. The van der Waals surface area contributed by atoms with Crippen LogP contribution in [0.15, 0.2) is 41.8 Å². The molecule has 0 saturated carbocycles. The summed E-state index contributed by atoms with van der Waals surface area (Å²) in [4.78, 5) is 17.0. The van der Waals surface area contributed by atoms with Gasteiger partial charge in [-0.1, -0.05) is 17.7 Å². The lowest BCUT2D eigenvalue weighted by atomic mass is 10.2. The van der Waals surface area contributed by atoms with Gasteiger partial charge in [0, 0.05) is 16.1 Å². The van der Waals surface area contributed by atoms with Crippen molar-refractivity contribution >= 4 is 34.5 Å². The molecule has 0 aliphatic heterocycles. The van der Waals surface area contributed by atoms with Crippen LogP contribution in [0.25, 0.3) is 10.6 Å². The van der Waals surface area contributed by atoms with Crippen LogP contribution in [0.1, 0.15) is 16.1 Å². The molecule has 0 aliphatic carbocycles. The molecule has 0 radical (unpaired) electrons. The number of hydrogen-bond donors (Lipinski definition) is 1. The average molecular weight is 389 g/mol. The fourth-order valence-corrected chi connectivity index (χ4v) is 3.56. The summed E-state index contributed by atoms with van der Waals surface area (Å²) in [7, 11) is 3.16. The van der Waals surface area contributed by atoms with Crippen LogP contribution in [0.5, 0.6) is 11.5 Å². The highest BCUT2D eigenvalue weighted by Gasteiger charge is 2.17. The number of amides is 1. The third-order valence-corrected chi connectivity index (χ3v) is 4.92. The number of aryl methyl sites for hydroxylation is 1. The zero-order chi connectivity index (χ0) is 18.7. The summed E-state index contributed by atoms with van der Waals surface area (Å²) in [5, 5.41) is 5.88. The van der Waals surface area contributed by atoms with E-state index < -0.39 is 0 Å². The number of thiazole rings is 1. The van der Waals surface area contributed by atoms with Crippen LogP contribution >= 0.6 is 22.9 Å². The highest BCUT2D eigenvalue weighted by atomic mass is 35.5. The molecule has 1 aromatic heterocycles. The number of anilines is 1. The van der Waals surface area contributed by atoms with Crippen molar-refractivity contribution in [2.75, 3.05) is 19.5 Å². The summed E-state index contributed by atoms with van der Waals surface area (Å²) in [5.41, 5.74) is 2.70. The number of ether oxygens (including phenoxy) is 2. The third-order valence-electron chi connectivity index (χ3n) is 3.81. The number of hydrogen-bond acceptors (Lipinski definition) is 5. The zero-order valence-electron chi connectivity index (χ0n) is 14.5. The number of nitrogens with zero attached hydrogens (tertiary/aromatic N) is 1. The largest absolute Gasteiger partial charge is 0.493 e. The van der Waals surface area contributed by atoms with E-state index in [1.54, 1.807) is 37.8 Å². The normalized spacial score (nSPS) is 10.5. The Kier molecular flexibility index (Phi) is 5.44. The van der Waals surface area contributed by atoms with Gasteiger partial charge in [0.05, 0.1) is 19.8 Å². The quantitative estimate of drug-likeness (QED) is 0.665. The van der Waals surface area contributed by atoms with Gasteiger partial charge in [-0.15, -0.1) is 11.3 Å². The molecule has 134 valence electrons. The van der Waals surface area contributed by atoms with Crippen molar-refractivity contribution in [2.24, 2.45) is 0 Å². The first-order chi connectivity index (χ1) is 12.5. The van der Waals surface area contributed by atoms with Crippen molar-refractivity contribution < 1.29 is 14.3 Å². The smallest absolute Gasteiger partial charge is 0.275 e. The average Bonchev–Trinajstić information content (AvgIpc) is 3.13. The first-order valence-corrected chi connectivity index (χ1v) is 9.03. The molecular weight excluding hydrogens is 372 g/mol. The molecule has 7 heteroatoms. The minimum absolute atomic E-state index is 0.278. The SMILES string of the molecule is COc1cccc(-c2nc(C(=O)Nc3ccc(Cl)cc3C)cs2)c1OC. The van der Waals surface area contributed by atoms with Crippen LogP contribution in [0.4, 0.5) is 5.69 Å². The standard InChI is InChI=1S/C19H17ClN2O3S/c1-11-9-12(20)7-8-14(11)21-18(23)15-10-26-19(22-15)13-5-4-6-16(24-2)17(13)25-3/h4-10H,1-3H3,(H,21,23). The predicted molar refractivity (Wildman–Crippen MR) is 105 cm³/mol. The number of rotatable bonds is 5. The molecule has 0 spiro atoms. The number of carbonyl (C=O) groups is 1. The van der Waals surface area contributed by atoms with E-state index in [1.807, 2.05) is 25.1 Å². The number of carbonyl (C=O) groups excluding carboxylic acids is 1. The van der Waals surface area contributed by atoms with Crippen molar-refractivity contribution in [3.05, 3.63) is 58.1 Å². The third kappa shape index (κ3) is 3.66. The summed E-state index contributed by atoms with van der Waals surface area (Å²) in [6, 6.07) is 10.9. The van der Waals surface area contributed by atoms with Gasteiger partial charge in [0.25, 0.3) is 5.91 Å². The van der Waals surface area contributed by atoms with Crippen LogP contribution in [-0.2, 0) is 0 Å². The molecule has 0 aliphatic rings. The molecule has 3 rings (SSSR count). The maximum Gasteiger partial charge on any atom is 0.275 e. The second kappa shape index (κ2) is 7.76. The Bertz CT molecular complexity index is 956. The number of benzene rings is 2. The van der Waals surface area contributed by atoms with Crippen molar-refractivity contribution in [2.45, 2.75) is 6.92 Å². The maximum atomic E-state index is 12.5. The molecule has 0 fully saturated rings. The van der Waals surface area contributed by atoms with Gasteiger partial charge in [0.15, 0.2) is 11.5 Å². The number of aromatic nitrogens is 1. The van der Waals surface area contributed by atoms with Crippen LogP contribution in [0.2, 0.25) is 5.02 Å². The van der Waals surface area contributed by atoms with E-state index in [1.165, 1.54) is 11.3 Å². The van der Waals surface area contributed by atoms with Gasteiger partial charge in [-0.05, 0) is 42.8 Å². The molecule has 0 atom stereocenters. The monoisotopic (exact) mass is 388 g/mol. The molecular formula is C19H17ClN2O3S. The van der Waals surface area contributed by atoms with Gasteiger partial charge in [-0.2, -0.15) is 0 Å². The van der Waals surface area contributed by atoms with Crippen molar-refractivity contribution in [1.29, 1.82) is 0 Å². The van der Waals surface area contributed by atoms with Crippen molar-refractivity contribution in [3.8, 4) is 22.1 Å². The van der Waals surface area contributed by atoms with Gasteiger partial charge in [-0.25, -0.2) is 4.98 Å². The first-order valence-electron chi connectivity index (χ1n) is 7.78. The molecule has 1 heterocycles. The minimum atomic E-state index is -0.278. The predicted octanol–water partition coefficient (Wildman–Crippen LogP) is 5.04. The van der Waals surface area contributed by atoms with E-state index in [9.17, 15) is 4.79 Å². The van der Waals surface area contributed by atoms with Gasteiger partial charge < -0.3 is 14.8 Å². The number of nitrogens with one attached hydrogen (secondary N) is 1. The van der Waals surface area contributed by atoms with Gasteiger partial charge in [0.1, 0.15) is 10.7 Å². The van der Waals surface area contributed by atoms with Gasteiger partial charge >= 0.3 is 0 Å². The van der Waals surface area contributed by atoms with E-state index in [4.69, 9.17) is 21.1 Å². The number of para-hydroxylation sites is 1. The molecule has 3 aromatic rings. The topological polar surface area (TPSA) is 60.5 Å². The lowest BCUT2D eigenvalue weighted by molar-refractivity contribution is 0.102. The fraction of sp³-hybridized carbons (Fsp3) is 0.158. The lowest BCUT2D eigenvalue weighted by Crippen LogP contribution is -2.13. The molecule has 0 bridgehead atoms. The molecule has 0 unspecified atom stereocenters. The van der Waals surface area contributed by atoms with Gasteiger partial charge in [-0.3, -0.25) is 4.79 Å². The Morgan fingerprint density at radius 3 is 2.69 bits per heavy atom. The molecule has 0 saturated heterocycles. The van der Waals surface area contributed by atoms with E-state index in [0.717, 1.165) is 11.1 Å². The second-order valence-electron chi connectivity index (χ2n) is 5.49. The summed E-state index contributed by atoms with van der Waals surface area (Å²) in [5.74, 6) is 0.924. The van der Waals surface area contributed by atoms with Gasteiger partial charge in [0.2, 0.25) is 0 Å². The summed E-state index contributed by atoms with van der Waals surface area (Å²) in [6.45, 7) is 1.88. The summed E-state index contributed by atoms with van der Waals surface area (Å²) < 4.78 is 10.8. The molecule has 5 nitrogen and oxygen atoms in total. The maximum absolute atomic E-state index is 12.5. The lowest BCUT2D eigenvalue weighted by Gasteiger charge is -2.10. The second-order valence-corrected chi connectivity index (χ2v) is 6.79.